The minimum absolute atomic E-state index is 0.00282. The first kappa shape index (κ1) is 19.5. The average molecular weight is 361 g/mol. The van der Waals surface area contributed by atoms with Crippen LogP contribution in [0.2, 0.25) is 0 Å². The number of carbonyl (C=O) groups is 1. The van der Waals surface area contributed by atoms with Gasteiger partial charge in [0.15, 0.2) is 5.16 Å². The lowest BCUT2D eigenvalue weighted by Gasteiger charge is -2.15. The van der Waals surface area contributed by atoms with Crippen LogP contribution in [0.25, 0.3) is 0 Å². The summed E-state index contributed by atoms with van der Waals surface area (Å²) in [6.45, 7) is 10.5. The minimum atomic E-state index is -0.00282. The molecule has 0 saturated carbocycles. The average Bonchev–Trinajstić information content (AvgIpc) is 3.03. The van der Waals surface area contributed by atoms with Gasteiger partial charge in [-0.25, -0.2) is 0 Å². The zero-order valence-electron chi connectivity index (χ0n) is 15.8. The molecule has 1 aromatic heterocycles. The fraction of sp³-hybridized carbons (Fsp3) is 0.526. The topological polar surface area (TPSA) is 59.8 Å². The van der Waals surface area contributed by atoms with Gasteiger partial charge in [0, 0.05) is 18.2 Å². The lowest BCUT2D eigenvalue weighted by Crippen LogP contribution is -2.17. The Balaban J connectivity index is 2.09. The van der Waals surface area contributed by atoms with Crippen LogP contribution in [0.15, 0.2) is 23.4 Å². The van der Waals surface area contributed by atoms with Gasteiger partial charge >= 0.3 is 0 Å². The molecule has 0 aliphatic carbocycles. The molecule has 2 aromatic rings. The van der Waals surface area contributed by atoms with Crippen molar-refractivity contribution in [2.75, 3.05) is 11.1 Å². The molecule has 0 saturated heterocycles. The molecule has 5 nitrogen and oxygen atoms in total. The van der Waals surface area contributed by atoms with Crippen LogP contribution < -0.4 is 5.32 Å². The number of carbonyl (C=O) groups excluding carboxylic acids is 1. The number of benzene rings is 1. The van der Waals surface area contributed by atoms with Crippen LogP contribution in [0.4, 0.5) is 5.69 Å². The third kappa shape index (κ3) is 4.63. The van der Waals surface area contributed by atoms with Gasteiger partial charge in [0.05, 0.1) is 5.75 Å². The molecule has 0 bridgehead atoms. The number of anilines is 1. The monoisotopic (exact) mass is 360 g/mol. The molecule has 2 rings (SSSR count). The number of thioether (sulfide) groups is 1. The number of nitrogens with one attached hydrogen (secondary N) is 1. The second-order valence-corrected chi connectivity index (χ2v) is 7.15. The fourth-order valence-electron chi connectivity index (χ4n) is 2.87. The largest absolute Gasteiger partial charge is 0.325 e. The predicted molar refractivity (Wildman–Crippen MR) is 104 cm³/mol. The van der Waals surface area contributed by atoms with Crippen LogP contribution in [0.1, 0.15) is 57.6 Å². The van der Waals surface area contributed by atoms with Crippen molar-refractivity contribution in [3.63, 3.8) is 0 Å². The highest BCUT2D eigenvalue weighted by atomic mass is 32.2. The summed E-state index contributed by atoms with van der Waals surface area (Å²) in [5.41, 5.74) is 3.32. The van der Waals surface area contributed by atoms with Gasteiger partial charge < -0.3 is 9.88 Å². The normalized spacial score (nSPS) is 11.1. The van der Waals surface area contributed by atoms with Crippen LogP contribution >= 0.6 is 11.8 Å². The van der Waals surface area contributed by atoms with E-state index in [1.54, 1.807) is 0 Å². The van der Waals surface area contributed by atoms with E-state index in [9.17, 15) is 4.79 Å². The van der Waals surface area contributed by atoms with E-state index >= 15 is 0 Å². The summed E-state index contributed by atoms with van der Waals surface area (Å²) in [5.74, 6) is 1.29. The van der Waals surface area contributed by atoms with Crippen molar-refractivity contribution >= 4 is 23.4 Å². The number of aryl methyl sites for hydroxylation is 3. The van der Waals surface area contributed by atoms with E-state index < -0.39 is 0 Å². The molecule has 136 valence electrons. The van der Waals surface area contributed by atoms with Crippen LogP contribution in [0.5, 0.6) is 0 Å². The highest BCUT2D eigenvalue weighted by Crippen LogP contribution is 2.25. The SMILES string of the molecule is CCc1cccc(CC)c1NC(=O)CSc1nnc(CC)n1C(C)C. The maximum atomic E-state index is 12.5. The van der Waals surface area contributed by atoms with Gasteiger partial charge in [-0.15, -0.1) is 10.2 Å². The Morgan fingerprint density at radius 2 is 1.76 bits per heavy atom. The van der Waals surface area contributed by atoms with Crippen LogP contribution in [0, 0.1) is 0 Å². The van der Waals surface area contributed by atoms with E-state index in [2.05, 4.69) is 72.9 Å². The van der Waals surface area contributed by atoms with Gasteiger partial charge in [0.2, 0.25) is 5.91 Å². The standard InChI is InChI=1S/C19H28N4OS/c1-6-14-10-9-11-15(7-2)18(14)20-17(24)12-25-19-22-21-16(8-3)23(19)13(4)5/h9-11,13H,6-8,12H2,1-5H3,(H,20,24). The van der Waals surface area contributed by atoms with Gasteiger partial charge in [0.1, 0.15) is 5.82 Å². The molecule has 0 spiro atoms. The van der Waals surface area contributed by atoms with E-state index in [-0.39, 0.29) is 11.9 Å². The van der Waals surface area contributed by atoms with E-state index in [1.165, 1.54) is 22.9 Å². The first-order valence-electron chi connectivity index (χ1n) is 8.98. The predicted octanol–water partition coefficient (Wildman–Crippen LogP) is 4.28. The van der Waals surface area contributed by atoms with Gasteiger partial charge in [-0.05, 0) is 37.8 Å². The third-order valence-electron chi connectivity index (χ3n) is 4.16. The molecule has 0 atom stereocenters. The van der Waals surface area contributed by atoms with Crippen molar-refractivity contribution in [3.05, 3.63) is 35.2 Å². The Bertz CT molecular complexity index is 702. The number of aromatic nitrogens is 3. The maximum absolute atomic E-state index is 12.5. The summed E-state index contributed by atoms with van der Waals surface area (Å²) >= 11 is 1.44. The van der Waals surface area contributed by atoms with Gasteiger partial charge in [0.25, 0.3) is 0 Å². The van der Waals surface area contributed by atoms with E-state index in [4.69, 9.17) is 0 Å². The zero-order chi connectivity index (χ0) is 18.4. The summed E-state index contributed by atoms with van der Waals surface area (Å²) in [6, 6.07) is 6.48. The summed E-state index contributed by atoms with van der Waals surface area (Å²) in [6.07, 6.45) is 2.64. The van der Waals surface area contributed by atoms with Crippen molar-refractivity contribution < 1.29 is 4.79 Å². The molecule has 0 fully saturated rings. The highest BCUT2D eigenvalue weighted by Gasteiger charge is 2.16. The Labute approximate surface area is 154 Å². The molecule has 0 unspecified atom stereocenters. The molecule has 0 aliphatic rings. The molecule has 1 aromatic carbocycles. The van der Waals surface area contributed by atoms with Gasteiger partial charge in [-0.3, -0.25) is 4.79 Å². The number of nitrogens with zero attached hydrogens (tertiary/aromatic N) is 3. The van der Waals surface area contributed by atoms with Gasteiger partial charge in [-0.2, -0.15) is 0 Å². The number of amides is 1. The number of hydrogen-bond acceptors (Lipinski definition) is 4. The molecule has 1 amide bonds. The summed E-state index contributed by atoms with van der Waals surface area (Å²) in [4.78, 5) is 12.5. The Hall–Kier alpha value is -1.82. The number of rotatable bonds is 8. The quantitative estimate of drug-likeness (QED) is 0.714. The molecule has 6 heteroatoms. The van der Waals surface area contributed by atoms with Crippen molar-refractivity contribution in [2.45, 2.75) is 65.1 Å². The lowest BCUT2D eigenvalue weighted by atomic mass is 10.0. The Morgan fingerprint density at radius 1 is 1.12 bits per heavy atom. The van der Waals surface area contributed by atoms with Crippen LogP contribution in [-0.4, -0.2) is 26.4 Å². The van der Waals surface area contributed by atoms with E-state index in [0.29, 0.717) is 5.75 Å². The molecule has 1 heterocycles. The highest BCUT2D eigenvalue weighted by molar-refractivity contribution is 7.99. The first-order valence-corrected chi connectivity index (χ1v) is 9.97. The first-order chi connectivity index (χ1) is 12.0. The third-order valence-corrected chi connectivity index (χ3v) is 5.11. The smallest absolute Gasteiger partial charge is 0.234 e. The summed E-state index contributed by atoms with van der Waals surface area (Å²) in [5, 5.41) is 12.4. The van der Waals surface area contributed by atoms with E-state index in [0.717, 1.165) is 35.9 Å². The summed E-state index contributed by atoms with van der Waals surface area (Å²) in [7, 11) is 0. The fourth-order valence-corrected chi connectivity index (χ4v) is 3.76. The molecule has 1 N–H and O–H groups in total. The second-order valence-electron chi connectivity index (χ2n) is 6.21. The van der Waals surface area contributed by atoms with Crippen LogP contribution in [0.3, 0.4) is 0 Å². The number of hydrogen-bond donors (Lipinski definition) is 1. The minimum Gasteiger partial charge on any atom is -0.325 e. The maximum Gasteiger partial charge on any atom is 0.234 e. The molecular formula is C19H28N4OS. The van der Waals surface area contributed by atoms with Crippen LogP contribution in [-0.2, 0) is 24.1 Å². The Morgan fingerprint density at radius 3 is 2.28 bits per heavy atom. The van der Waals surface area contributed by atoms with Crippen molar-refractivity contribution in [1.82, 2.24) is 14.8 Å². The lowest BCUT2D eigenvalue weighted by molar-refractivity contribution is -0.113. The molecule has 0 aliphatic heterocycles. The zero-order valence-corrected chi connectivity index (χ0v) is 16.6. The van der Waals surface area contributed by atoms with E-state index in [1.807, 2.05) is 0 Å². The van der Waals surface area contributed by atoms with Crippen molar-refractivity contribution in [2.24, 2.45) is 0 Å². The molecule has 0 radical (unpaired) electrons. The van der Waals surface area contributed by atoms with Gasteiger partial charge in [-0.1, -0.05) is 50.7 Å². The summed E-state index contributed by atoms with van der Waals surface area (Å²) < 4.78 is 2.11. The Kier molecular flexibility index (Phi) is 7.05. The molecular weight excluding hydrogens is 332 g/mol. The second kappa shape index (κ2) is 9.04. The number of para-hydroxylation sites is 1. The van der Waals surface area contributed by atoms with Crippen molar-refractivity contribution in [3.8, 4) is 0 Å². The van der Waals surface area contributed by atoms with Crippen molar-refractivity contribution in [1.29, 1.82) is 0 Å². The molecule has 25 heavy (non-hydrogen) atoms.